The highest BCUT2D eigenvalue weighted by Gasteiger charge is 2.16. The number of hydrogen-bond acceptors (Lipinski definition) is 2. The molecule has 1 unspecified atom stereocenters. The summed E-state index contributed by atoms with van der Waals surface area (Å²) in [5.41, 5.74) is 3.49. The number of aliphatic hydroxyl groups excluding tert-OH is 1. The van der Waals surface area contributed by atoms with Gasteiger partial charge in [-0.25, -0.2) is 0 Å². The van der Waals surface area contributed by atoms with E-state index < -0.39 is 6.10 Å². The minimum Gasteiger partial charge on any atom is -0.380 e. The molecule has 18 heavy (non-hydrogen) atoms. The Hall–Kier alpha value is -2.13. The van der Waals surface area contributed by atoms with Gasteiger partial charge in [-0.15, -0.1) is 0 Å². The van der Waals surface area contributed by atoms with Crippen molar-refractivity contribution in [2.45, 2.75) is 13.0 Å². The molecule has 90 valence electrons. The van der Waals surface area contributed by atoms with Crippen molar-refractivity contribution in [3.8, 4) is 0 Å². The maximum atomic E-state index is 10.4. The molecule has 3 nitrogen and oxygen atoms in total. The van der Waals surface area contributed by atoms with E-state index in [1.165, 1.54) is 0 Å². The van der Waals surface area contributed by atoms with Crippen molar-refractivity contribution in [3.05, 3.63) is 65.6 Å². The lowest BCUT2D eigenvalue weighted by Crippen LogP contribution is -2.04. The number of rotatable bonds is 2. The molecule has 3 rings (SSSR count). The number of hydrogen-bond donors (Lipinski definition) is 2. The van der Waals surface area contributed by atoms with Gasteiger partial charge in [-0.2, -0.15) is 0 Å². The Morgan fingerprint density at radius 2 is 2.00 bits per heavy atom. The molecule has 2 heterocycles. The zero-order chi connectivity index (χ0) is 12.5. The van der Waals surface area contributed by atoms with Crippen LogP contribution in [0.15, 0.2) is 48.7 Å². The standard InChI is InChI=1S/C15H14N2O/c1-10-5-4-8-16-14(10)15(18)13-9-11-6-2-3-7-12(11)17-13/h2-9,15,17-18H,1H3. The third kappa shape index (κ3) is 1.79. The second kappa shape index (κ2) is 4.27. The zero-order valence-corrected chi connectivity index (χ0v) is 10.1. The highest BCUT2D eigenvalue weighted by atomic mass is 16.3. The van der Waals surface area contributed by atoms with Crippen LogP contribution in [0, 0.1) is 6.92 Å². The summed E-state index contributed by atoms with van der Waals surface area (Å²) in [7, 11) is 0. The molecule has 0 saturated carbocycles. The topological polar surface area (TPSA) is 48.9 Å². The molecule has 1 aromatic carbocycles. The number of para-hydroxylation sites is 1. The van der Waals surface area contributed by atoms with Crippen molar-refractivity contribution in [2.75, 3.05) is 0 Å². The molecule has 2 aromatic heterocycles. The number of pyridine rings is 1. The highest BCUT2D eigenvalue weighted by Crippen LogP contribution is 2.25. The van der Waals surface area contributed by atoms with Gasteiger partial charge in [0.05, 0.1) is 11.4 Å². The van der Waals surface area contributed by atoms with E-state index >= 15 is 0 Å². The van der Waals surface area contributed by atoms with Gasteiger partial charge in [0.25, 0.3) is 0 Å². The molecule has 0 aliphatic rings. The zero-order valence-electron chi connectivity index (χ0n) is 10.1. The summed E-state index contributed by atoms with van der Waals surface area (Å²) in [6, 6.07) is 13.8. The normalized spacial score (nSPS) is 12.8. The Kier molecular flexibility index (Phi) is 2.61. The van der Waals surface area contributed by atoms with E-state index in [2.05, 4.69) is 9.97 Å². The Bertz CT molecular complexity index is 655. The van der Waals surface area contributed by atoms with Crippen LogP contribution in [0.1, 0.15) is 23.1 Å². The average molecular weight is 238 g/mol. The van der Waals surface area contributed by atoms with Gasteiger partial charge in [-0.3, -0.25) is 4.98 Å². The van der Waals surface area contributed by atoms with E-state index in [0.717, 1.165) is 22.2 Å². The smallest absolute Gasteiger partial charge is 0.136 e. The van der Waals surface area contributed by atoms with Gasteiger partial charge in [-0.05, 0) is 36.1 Å². The van der Waals surface area contributed by atoms with Crippen LogP contribution in [0.3, 0.4) is 0 Å². The first-order valence-corrected chi connectivity index (χ1v) is 5.93. The third-order valence-electron chi connectivity index (χ3n) is 3.15. The molecule has 2 N–H and O–H groups in total. The minimum absolute atomic E-state index is 0.698. The van der Waals surface area contributed by atoms with Crippen LogP contribution in [0.25, 0.3) is 10.9 Å². The molecule has 0 fully saturated rings. The number of aromatic nitrogens is 2. The number of nitrogens with one attached hydrogen (secondary N) is 1. The first kappa shape index (κ1) is 11.0. The fourth-order valence-corrected chi connectivity index (χ4v) is 2.17. The lowest BCUT2D eigenvalue weighted by Gasteiger charge is -2.10. The highest BCUT2D eigenvalue weighted by molar-refractivity contribution is 5.80. The second-order valence-electron chi connectivity index (χ2n) is 4.42. The van der Waals surface area contributed by atoms with Crippen molar-refractivity contribution >= 4 is 10.9 Å². The Balaban J connectivity index is 2.07. The molecule has 0 aliphatic heterocycles. The largest absolute Gasteiger partial charge is 0.380 e. The van der Waals surface area contributed by atoms with Crippen LogP contribution in [0.4, 0.5) is 0 Å². The van der Waals surface area contributed by atoms with Crippen LogP contribution in [0.2, 0.25) is 0 Å². The van der Waals surface area contributed by atoms with Gasteiger partial charge in [-0.1, -0.05) is 24.3 Å². The molecule has 0 saturated heterocycles. The number of aryl methyl sites for hydroxylation is 1. The third-order valence-corrected chi connectivity index (χ3v) is 3.15. The van der Waals surface area contributed by atoms with Gasteiger partial charge in [0.15, 0.2) is 0 Å². The van der Waals surface area contributed by atoms with Gasteiger partial charge in [0.1, 0.15) is 6.10 Å². The Labute approximate surface area is 105 Å². The number of aromatic amines is 1. The van der Waals surface area contributed by atoms with Gasteiger partial charge >= 0.3 is 0 Å². The fraction of sp³-hybridized carbons (Fsp3) is 0.133. The van der Waals surface area contributed by atoms with Crippen LogP contribution < -0.4 is 0 Å². The number of H-pyrrole nitrogens is 1. The molecule has 3 heteroatoms. The van der Waals surface area contributed by atoms with Crippen molar-refractivity contribution in [3.63, 3.8) is 0 Å². The summed E-state index contributed by atoms with van der Waals surface area (Å²) >= 11 is 0. The van der Waals surface area contributed by atoms with Gasteiger partial charge in [0, 0.05) is 11.7 Å². The summed E-state index contributed by atoms with van der Waals surface area (Å²) in [5.74, 6) is 0. The van der Waals surface area contributed by atoms with Gasteiger partial charge in [0.2, 0.25) is 0 Å². The lowest BCUT2D eigenvalue weighted by molar-refractivity contribution is 0.210. The van der Waals surface area contributed by atoms with E-state index in [1.807, 2.05) is 49.4 Å². The van der Waals surface area contributed by atoms with Crippen LogP contribution in [-0.2, 0) is 0 Å². The van der Waals surface area contributed by atoms with Gasteiger partial charge < -0.3 is 10.1 Å². The molecular weight excluding hydrogens is 224 g/mol. The van der Waals surface area contributed by atoms with Crippen molar-refractivity contribution in [1.29, 1.82) is 0 Å². The number of benzene rings is 1. The van der Waals surface area contributed by atoms with E-state index in [9.17, 15) is 5.11 Å². The van der Waals surface area contributed by atoms with Crippen molar-refractivity contribution < 1.29 is 5.11 Å². The molecule has 3 aromatic rings. The molecule has 0 radical (unpaired) electrons. The SMILES string of the molecule is Cc1cccnc1C(O)c1cc2ccccc2[nH]1. The Morgan fingerprint density at radius 1 is 1.17 bits per heavy atom. The molecular formula is C15H14N2O. The first-order valence-electron chi connectivity index (χ1n) is 5.93. The van der Waals surface area contributed by atoms with E-state index in [-0.39, 0.29) is 0 Å². The number of nitrogens with zero attached hydrogens (tertiary/aromatic N) is 1. The lowest BCUT2D eigenvalue weighted by atomic mass is 10.1. The molecule has 0 bridgehead atoms. The van der Waals surface area contributed by atoms with Crippen molar-refractivity contribution in [2.24, 2.45) is 0 Å². The number of aliphatic hydroxyl groups is 1. The molecule has 0 amide bonds. The summed E-state index contributed by atoms with van der Waals surface area (Å²) < 4.78 is 0. The van der Waals surface area contributed by atoms with E-state index in [4.69, 9.17) is 0 Å². The summed E-state index contributed by atoms with van der Waals surface area (Å²) in [4.78, 5) is 7.49. The van der Waals surface area contributed by atoms with E-state index in [0.29, 0.717) is 5.69 Å². The fourth-order valence-electron chi connectivity index (χ4n) is 2.17. The molecule has 1 atom stereocenters. The Morgan fingerprint density at radius 3 is 2.78 bits per heavy atom. The predicted octanol–water partition coefficient (Wildman–Crippen LogP) is 2.95. The maximum Gasteiger partial charge on any atom is 0.136 e. The number of fused-ring (bicyclic) bond motifs is 1. The monoisotopic (exact) mass is 238 g/mol. The molecule has 0 aliphatic carbocycles. The van der Waals surface area contributed by atoms with Crippen LogP contribution in [0.5, 0.6) is 0 Å². The minimum atomic E-state index is -0.710. The van der Waals surface area contributed by atoms with Crippen LogP contribution in [-0.4, -0.2) is 15.1 Å². The maximum absolute atomic E-state index is 10.4. The average Bonchev–Trinajstić information content (AvgIpc) is 2.82. The molecule has 0 spiro atoms. The summed E-state index contributed by atoms with van der Waals surface area (Å²) in [6.45, 7) is 1.95. The summed E-state index contributed by atoms with van der Waals surface area (Å²) in [6.07, 6.45) is 0.993. The van der Waals surface area contributed by atoms with Crippen LogP contribution >= 0.6 is 0 Å². The first-order chi connectivity index (χ1) is 8.75. The van der Waals surface area contributed by atoms with Crippen molar-refractivity contribution in [1.82, 2.24) is 9.97 Å². The quantitative estimate of drug-likeness (QED) is 0.721. The van der Waals surface area contributed by atoms with E-state index in [1.54, 1.807) is 6.20 Å². The second-order valence-corrected chi connectivity index (χ2v) is 4.42. The predicted molar refractivity (Wildman–Crippen MR) is 71.3 cm³/mol. The summed E-state index contributed by atoms with van der Waals surface area (Å²) in [5, 5.41) is 11.5.